The van der Waals surface area contributed by atoms with E-state index in [1.165, 1.54) is 0 Å². The summed E-state index contributed by atoms with van der Waals surface area (Å²) in [5.41, 5.74) is -0.643. The van der Waals surface area contributed by atoms with Gasteiger partial charge in [-0.3, -0.25) is 10.1 Å². The second-order valence-electron chi connectivity index (χ2n) is 6.65. The minimum Gasteiger partial charge on any atom is -0.427 e. The zero-order chi connectivity index (χ0) is 19.6. The number of amides is 1. The minimum atomic E-state index is -0.845. The van der Waals surface area contributed by atoms with Crippen LogP contribution in [0.2, 0.25) is 0 Å². The van der Waals surface area contributed by atoms with Crippen molar-refractivity contribution in [2.45, 2.75) is 40.5 Å². The molecule has 0 aliphatic carbocycles. The third-order valence-corrected chi connectivity index (χ3v) is 4.37. The van der Waals surface area contributed by atoms with Crippen LogP contribution in [0.1, 0.15) is 40.5 Å². The molecular weight excluding hydrogens is 340 g/mol. The van der Waals surface area contributed by atoms with Gasteiger partial charge >= 0.3 is 12.1 Å². The maximum absolute atomic E-state index is 11.9. The van der Waals surface area contributed by atoms with E-state index in [0.717, 1.165) is 6.42 Å². The van der Waals surface area contributed by atoms with Crippen molar-refractivity contribution in [1.29, 1.82) is 5.26 Å². The highest BCUT2D eigenvalue weighted by molar-refractivity contribution is 5.94. The number of nitrogens with zero attached hydrogens (tertiary/aromatic N) is 3. The van der Waals surface area contributed by atoms with Crippen LogP contribution in [0.3, 0.4) is 0 Å². The summed E-state index contributed by atoms with van der Waals surface area (Å²) in [4.78, 5) is 29.2. The Kier molecular flexibility index (Phi) is 8.85. The molecule has 0 spiro atoms. The number of rotatable bonds is 7. The van der Waals surface area contributed by atoms with E-state index >= 15 is 0 Å². The first-order chi connectivity index (χ1) is 12.3. The first-order valence-electron chi connectivity index (χ1n) is 8.74. The van der Waals surface area contributed by atoms with Gasteiger partial charge in [0.25, 0.3) is 0 Å². The maximum Gasteiger partial charge on any atom is 0.416 e. The second kappa shape index (κ2) is 10.6. The van der Waals surface area contributed by atoms with Crippen LogP contribution in [-0.4, -0.2) is 56.0 Å². The number of nitrogens with one attached hydrogen (secondary N) is 1. The Bertz CT molecular complexity index is 550. The van der Waals surface area contributed by atoms with Crippen molar-refractivity contribution < 1.29 is 23.8 Å². The lowest BCUT2D eigenvalue weighted by molar-refractivity contribution is -0.162. The number of carbonyl (C=O) groups is 2. The van der Waals surface area contributed by atoms with Gasteiger partial charge in [0.2, 0.25) is 18.9 Å². The molecule has 9 nitrogen and oxygen atoms in total. The molecule has 0 bridgehead atoms. The molecule has 0 saturated carbocycles. The molecular formula is C17H28N4O5. The van der Waals surface area contributed by atoms with Gasteiger partial charge in [-0.2, -0.15) is 5.26 Å². The largest absolute Gasteiger partial charge is 0.427 e. The third kappa shape index (κ3) is 6.88. The van der Waals surface area contributed by atoms with Crippen LogP contribution >= 0.6 is 0 Å². The van der Waals surface area contributed by atoms with Gasteiger partial charge in [-0.15, -0.1) is 4.99 Å². The lowest BCUT2D eigenvalue weighted by Crippen LogP contribution is -2.46. The van der Waals surface area contributed by atoms with Crippen molar-refractivity contribution >= 4 is 18.0 Å². The molecule has 1 aliphatic rings. The average Bonchev–Trinajstić information content (AvgIpc) is 3.12. The third-order valence-electron chi connectivity index (χ3n) is 4.37. The van der Waals surface area contributed by atoms with Gasteiger partial charge in [0.15, 0.2) is 0 Å². The van der Waals surface area contributed by atoms with Crippen LogP contribution in [-0.2, 0) is 19.0 Å². The van der Waals surface area contributed by atoms with Gasteiger partial charge in [-0.1, -0.05) is 6.92 Å². The zero-order valence-electron chi connectivity index (χ0n) is 15.9. The smallest absolute Gasteiger partial charge is 0.416 e. The molecule has 1 aliphatic heterocycles. The highest BCUT2D eigenvalue weighted by Crippen LogP contribution is 2.21. The molecule has 0 aromatic carbocycles. The highest BCUT2D eigenvalue weighted by atomic mass is 16.7. The SMILES string of the molecule is CCN(CC1CCOC1)/C(=N\C#N)NC(=O)OCOC(=O)C(C)(C)CC. The highest BCUT2D eigenvalue weighted by Gasteiger charge is 2.27. The number of carbonyl (C=O) groups excluding carboxylic acids is 2. The fourth-order valence-electron chi connectivity index (χ4n) is 2.23. The summed E-state index contributed by atoms with van der Waals surface area (Å²) in [6, 6.07) is 0. The fraction of sp³-hybridized carbons (Fsp3) is 0.765. The van der Waals surface area contributed by atoms with Gasteiger partial charge in [-0.05, 0) is 33.6 Å². The maximum atomic E-state index is 11.9. The Labute approximate surface area is 154 Å². The monoisotopic (exact) mass is 368 g/mol. The zero-order valence-corrected chi connectivity index (χ0v) is 15.9. The van der Waals surface area contributed by atoms with E-state index < -0.39 is 24.3 Å². The normalized spacial score (nSPS) is 17.3. The average molecular weight is 368 g/mol. The van der Waals surface area contributed by atoms with E-state index in [-0.39, 0.29) is 5.96 Å². The van der Waals surface area contributed by atoms with Gasteiger partial charge in [0.05, 0.1) is 12.0 Å². The van der Waals surface area contributed by atoms with E-state index in [4.69, 9.17) is 19.5 Å². The number of alkyl carbamates (subject to hydrolysis) is 1. The summed E-state index contributed by atoms with van der Waals surface area (Å²) in [5, 5.41) is 11.3. The number of esters is 1. The Morgan fingerprint density at radius 3 is 2.65 bits per heavy atom. The Balaban J connectivity index is 2.52. The molecule has 0 aromatic heterocycles. The van der Waals surface area contributed by atoms with Crippen LogP contribution in [0.15, 0.2) is 4.99 Å². The van der Waals surface area contributed by atoms with Gasteiger partial charge < -0.3 is 19.1 Å². The van der Waals surface area contributed by atoms with E-state index in [9.17, 15) is 9.59 Å². The lowest BCUT2D eigenvalue weighted by atomic mass is 9.91. The molecule has 1 fully saturated rings. The first-order valence-corrected chi connectivity index (χ1v) is 8.74. The van der Waals surface area contributed by atoms with Gasteiger partial charge in [-0.25, -0.2) is 4.79 Å². The quantitative estimate of drug-likeness (QED) is 0.240. The predicted molar refractivity (Wildman–Crippen MR) is 93.9 cm³/mol. The summed E-state index contributed by atoms with van der Waals surface area (Å²) in [6.45, 7) is 9.27. The molecule has 0 radical (unpaired) electrons. The summed E-state index contributed by atoms with van der Waals surface area (Å²) in [7, 11) is 0. The first kappa shape index (κ1) is 21.7. The molecule has 1 N–H and O–H groups in total. The Morgan fingerprint density at radius 1 is 1.38 bits per heavy atom. The number of hydrogen-bond acceptors (Lipinski definition) is 7. The van der Waals surface area contributed by atoms with Crippen LogP contribution in [0.5, 0.6) is 0 Å². The number of hydrogen-bond donors (Lipinski definition) is 1. The van der Waals surface area contributed by atoms with E-state index in [1.54, 1.807) is 24.9 Å². The molecule has 1 amide bonds. The van der Waals surface area contributed by atoms with Crippen molar-refractivity contribution in [3.8, 4) is 6.19 Å². The summed E-state index contributed by atoms with van der Waals surface area (Å²) in [5.74, 6) is -0.0314. The predicted octanol–water partition coefficient (Wildman–Crippen LogP) is 1.84. The van der Waals surface area contributed by atoms with Crippen LogP contribution < -0.4 is 5.32 Å². The Hall–Kier alpha value is -2.34. The number of ether oxygens (including phenoxy) is 3. The standard InChI is InChI=1S/C17H28N4O5/c1-5-17(3,4)14(22)25-12-26-16(23)20-15(19-11-18)21(6-2)9-13-7-8-24-10-13/h13H,5-10,12H2,1-4H3,(H,19,20,23). The van der Waals surface area contributed by atoms with E-state index in [0.29, 0.717) is 38.6 Å². The van der Waals surface area contributed by atoms with E-state index in [2.05, 4.69) is 10.3 Å². The Morgan fingerprint density at radius 2 is 2.12 bits per heavy atom. The van der Waals surface area contributed by atoms with Crippen LogP contribution in [0, 0.1) is 22.8 Å². The van der Waals surface area contributed by atoms with Crippen molar-refractivity contribution in [1.82, 2.24) is 10.2 Å². The second-order valence-corrected chi connectivity index (χ2v) is 6.65. The molecule has 0 aromatic rings. The van der Waals surface area contributed by atoms with Crippen molar-refractivity contribution in [3.05, 3.63) is 0 Å². The minimum absolute atomic E-state index is 0.104. The molecule has 146 valence electrons. The van der Waals surface area contributed by atoms with Crippen LogP contribution in [0.4, 0.5) is 4.79 Å². The number of nitriles is 1. The van der Waals surface area contributed by atoms with Gasteiger partial charge in [0, 0.05) is 25.6 Å². The number of guanidine groups is 1. The summed E-state index contributed by atoms with van der Waals surface area (Å²) < 4.78 is 15.1. The van der Waals surface area contributed by atoms with Crippen molar-refractivity contribution in [2.75, 3.05) is 33.1 Å². The molecule has 1 saturated heterocycles. The van der Waals surface area contributed by atoms with Gasteiger partial charge in [0.1, 0.15) is 0 Å². The van der Waals surface area contributed by atoms with Crippen molar-refractivity contribution in [3.63, 3.8) is 0 Å². The van der Waals surface area contributed by atoms with Crippen LogP contribution in [0.25, 0.3) is 0 Å². The van der Waals surface area contributed by atoms with E-state index in [1.807, 2.05) is 13.8 Å². The molecule has 26 heavy (non-hydrogen) atoms. The van der Waals surface area contributed by atoms with Crippen molar-refractivity contribution in [2.24, 2.45) is 16.3 Å². The molecule has 1 atom stereocenters. The molecule has 9 heteroatoms. The summed E-state index contributed by atoms with van der Waals surface area (Å²) >= 11 is 0. The summed E-state index contributed by atoms with van der Waals surface area (Å²) in [6.07, 6.45) is 2.35. The number of aliphatic imine (C=N–C) groups is 1. The lowest BCUT2D eigenvalue weighted by Gasteiger charge is -2.26. The molecule has 1 heterocycles. The fourth-order valence-corrected chi connectivity index (χ4v) is 2.23. The topological polar surface area (TPSA) is 113 Å². The molecule has 1 unspecified atom stereocenters. The molecule has 1 rings (SSSR count).